The molecule has 3 heterocycles. The summed E-state index contributed by atoms with van der Waals surface area (Å²) < 4.78 is 5.01. The molecule has 3 rings (SSSR count). The van der Waals surface area contributed by atoms with Gasteiger partial charge < -0.3 is 9.64 Å². The second kappa shape index (κ2) is 7.41. The molecule has 2 aliphatic rings. The van der Waals surface area contributed by atoms with Crippen LogP contribution in [0.1, 0.15) is 31.2 Å². The predicted octanol–water partition coefficient (Wildman–Crippen LogP) is 1.93. The third-order valence-electron chi connectivity index (χ3n) is 5.34. The Hall–Kier alpha value is -1.46. The zero-order chi connectivity index (χ0) is 16.1. The summed E-state index contributed by atoms with van der Waals surface area (Å²) in [7, 11) is 1.65. The van der Waals surface area contributed by atoms with E-state index in [-0.39, 0.29) is 5.91 Å². The van der Waals surface area contributed by atoms with Crippen molar-refractivity contribution in [3.05, 3.63) is 30.1 Å². The van der Waals surface area contributed by atoms with Crippen LogP contribution in [0.15, 0.2) is 24.5 Å². The molecule has 0 aliphatic carbocycles. The molecule has 2 fully saturated rings. The average molecular weight is 317 g/mol. The maximum absolute atomic E-state index is 12.1. The number of likely N-dealkylation sites (tertiary alicyclic amines) is 2. The van der Waals surface area contributed by atoms with Crippen LogP contribution in [0.4, 0.5) is 0 Å². The minimum absolute atomic E-state index is 0.243. The fraction of sp³-hybridized carbons (Fsp3) is 0.667. The second-order valence-corrected chi connectivity index (χ2v) is 6.95. The maximum Gasteiger partial charge on any atom is 0.224 e. The van der Waals surface area contributed by atoms with Gasteiger partial charge in [0.2, 0.25) is 5.91 Å². The van der Waals surface area contributed by atoms with Gasteiger partial charge in [-0.15, -0.1) is 0 Å². The summed E-state index contributed by atoms with van der Waals surface area (Å²) in [6.07, 6.45) is 7.82. The molecule has 1 spiro atoms. The van der Waals surface area contributed by atoms with Gasteiger partial charge in [-0.1, -0.05) is 6.07 Å². The zero-order valence-corrected chi connectivity index (χ0v) is 14.0. The molecule has 1 aromatic heterocycles. The number of carbonyl (C=O) groups excluding carboxylic acids is 1. The number of nitrogens with zero attached hydrogens (tertiary/aromatic N) is 3. The number of aromatic nitrogens is 1. The molecule has 5 heteroatoms. The largest absolute Gasteiger partial charge is 0.384 e. The Balaban J connectivity index is 1.48. The van der Waals surface area contributed by atoms with E-state index in [0.717, 1.165) is 45.6 Å². The Morgan fingerprint density at radius 1 is 1.30 bits per heavy atom. The molecule has 126 valence electrons. The summed E-state index contributed by atoms with van der Waals surface area (Å²) >= 11 is 0. The quantitative estimate of drug-likeness (QED) is 0.832. The van der Waals surface area contributed by atoms with E-state index in [1.807, 2.05) is 23.4 Å². The first kappa shape index (κ1) is 16.4. The molecule has 0 N–H and O–H groups in total. The number of rotatable bonds is 5. The number of ether oxygens (including phenoxy) is 1. The van der Waals surface area contributed by atoms with Crippen LogP contribution >= 0.6 is 0 Å². The van der Waals surface area contributed by atoms with Crippen molar-refractivity contribution >= 4 is 5.91 Å². The number of methoxy groups -OCH3 is 1. The highest BCUT2D eigenvalue weighted by molar-refractivity contribution is 5.76. The number of hydrogen-bond acceptors (Lipinski definition) is 4. The minimum atomic E-state index is 0.243. The molecule has 2 aliphatic heterocycles. The Bertz CT molecular complexity index is 512. The van der Waals surface area contributed by atoms with E-state index >= 15 is 0 Å². The predicted molar refractivity (Wildman–Crippen MR) is 88.9 cm³/mol. The van der Waals surface area contributed by atoms with Gasteiger partial charge in [-0.25, -0.2) is 0 Å². The molecule has 23 heavy (non-hydrogen) atoms. The van der Waals surface area contributed by atoms with Gasteiger partial charge in [-0.2, -0.15) is 0 Å². The van der Waals surface area contributed by atoms with Crippen LogP contribution < -0.4 is 0 Å². The highest BCUT2D eigenvalue weighted by Crippen LogP contribution is 2.40. The van der Waals surface area contributed by atoms with Gasteiger partial charge in [0, 0.05) is 45.7 Å². The summed E-state index contributed by atoms with van der Waals surface area (Å²) in [4.78, 5) is 20.9. The fourth-order valence-corrected chi connectivity index (χ4v) is 3.90. The van der Waals surface area contributed by atoms with E-state index in [1.54, 1.807) is 7.11 Å². The standard InChI is InChI=1S/C18H27N3O2/c1-23-12-4-17(22)21-10-6-18(7-11-21)5-9-20(15-18)14-16-3-2-8-19-13-16/h2-3,8,13H,4-7,9-12,14-15H2,1H3. The van der Waals surface area contributed by atoms with Crippen LogP contribution in [0, 0.1) is 5.41 Å². The van der Waals surface area contributed by atoms with Crippen LogP contribution in [-0.4, -0.2) is 60.6 Å². The SMILES string of the molecule is COCCC(=O)N1CCC2(CCN(Cc3cccnc3)C2)CC1. The lowest BCUT2D eigenvalue weighted by Gasteiger charge is -2.39. The molecule has 5 nitrogen and oxygen atoms in total. The van der Waals surface area contributed by atoms with Crippen LogP contribution in [0.5, 0.6) is 0 Å². The lowest BCUT2D eigenvalue weighted by molar-refractivity contribution is -0.134. The van der Waals surface area contributed by atoms with E-state index in [4.69, 9.17) is 4.74 Å². The minimum Gasteiger partial charge on any atom is -0.384 e. The van der Waals surface area contributed by atoms with Gasteiger partial charge in [0.15, 0.2) is 0 Å². The highest BCUT2D eigenvalue weighted by atomic mass is 16.5. The Morgan fingerprint density at radius 3 is 2.78 bits per heavy atom. The highest BCUT2D eigenvalue weighted by Gasteiger charge is 2.41. The third-order valence-corrected chi connectivity index (χ3v) is 5.34. The molecule has 0 atom stereocenters. The first-order valence-corrected chi connectivity index (χ1v) is 8.59. The summed E-state index contributed by atoms with van der Waals surface area (Å²) in [5.74, 6) is 0.243. The normalized spacial score (nSPS) is 21.0. The Morgan fingerprint density at radius 2 is 2.09 bits per heavy atom. The molecule has 1 aromatic rings. The Labute approximate surface area is 138 Å². The van der Waals surface area contributed by atoms with Crippen molar-refractivity contribution in [2.75, 3.05) is 39.9 Å². The lowest BCUT2D eigenvalue weighted by atomic mass is 9.77. The topological polar surface area (TPSA) is 45.7 Å². The first-order chi connectivity index (χ1) is 11.2. The van der Waals surface area contributed by atoms with Gasteiger partial charge in [-0.05, 0) is 42.9 Å². The smallest absolute Gasteiger partial charge is 0.224 e. The molecule has 1 amide bonds. The summed E-state index contributed by atoms with van der Waals surface area (Å²) in [6, 6.07) is 4.15. The van der Waals surface area contributed by atoms with Gasteiger partial charge in [-0.3, -0.25) is 14.7 Å². The van der Waals surface area contributed by atoms with Crippen LogP contribution in [0.2, 0.25) is 0 Å². The van der Waals surface area contributed by atoms with Crippen molar-refractivity contribution in [3.63, 3.8) is 0 Å². The lowest BCUT2D eigenvalue weighted by Crippen LogP contribution is -2.44. The molecule has 0 radical (unpaired) electrons. The van der Waals surface area contributed by atoms with Gasteiger partial charge in [0.1, 0.15) is 0 Å². The van der Waals surface area contributed by atoms with Gasteiger partial charge in [0.25, 0.3) is 0 Å². The monoisotopic (exact) mass is 317 g/mol. The van der Waals surface area contributed by atoms with Crippen molar-refractivity contribution in [3.8, 4) is 0 Å². The van der Waals surface area contributed by atoms with Crippen molar-refractivity contribution in [1.82, 2.24) is 14.8 Å². The van der Waals surface area contributed by atoms with Crippen LogP contribution in [0.25, 0.3) is 0 Å². The van der Waals surface area contributed by atoms with Crippen molar-refractivity contribution < 1.29 is 9.53 Å². The van der Waals surface area contributed by atoms with E-state index in [9.17, 15) is 4.79 Å². The molecular weight excluding hydrogens is 290 g/mol. The summed E-state index contributed by atoms with van der Waals surface area (Å²) in [6.45, 7) is 5.65. The van der Waals surface area contributed by atoms with Crippen molar-refractivity contribution in [1.29, 1.82) is 0 Å². The number of hydrogen-bond donors (Lipinski definition) is 0. The van der Waals surface area contributed by atoms with Crippen LogP contribution in [0.3, 0.4) is 0 Å². The van der Waals surface area contributed by atoms with E-state index in [2.05, 4.69) is 16.0 Å². The van der Waals surface area contributed by atoms with Crippen molar-refractivity contribution in [2.45, 2.75) is 32.2 Å². The maximum atomic E-state index is 12.1. The molecular formula is C18H27N3O2. The third kappa shape index (κ3) is 4.09. The van der Waals surface area contributed by atoms with E-state index in [0.29, 0.717) is 18.4 Å². The number of pyridine rings is 1. The molecule has 0 saturated carbocycles. The Kier molecular flexibility index (Phi) is 5.28. The molecule has 0 aromatic carbocycles. The zero-order valence-electron chi connectivity index (χ0n) is 14.0. The van der Waals surface area contributed by atoms with E-state index < -0.39 is 0 Å². The van der Waals surface area contributed by atoms with Crippen molar-refractivity contribution in [2.24, 2.45) is 5.41 Å². The molecule has 2 saturated heterocycles. The number of carbonyl (C=O) groups is 1. The fourth-order valence-electron chi connectivity index (χ4n) is 3.90. The molecule has 0 unspecified atom stereocenters. The van der Waals surface area contributed by atoms with E-state index in [1.165, 1.54) is 12.0 Å². The summed E-state index contributed by atoms with van der Waals surface area (Å²) in [5.41, 5.74) is 1.71. The second-order valence-electron chi connectivity index (χ2n) is 6.95. The number of piperidine rings is 1. The van der Waals surface area contributed by atoms with Crippen LogP contribution in [-0.2, 0) is 16.1 Å². The van der Waals surface area contributed by atoms with Gasteiger partial charge >= 0.3 is 0 Å². The first-order valence-electron chi connectivity index (χ1n) is 8.59. The molecule has 0 bridgehead atoms. The average Bonchev–Trinajstić information content (AvgIpc) is 2.96. The summed E-state index contributed by atoms with van der Waals surface area (Å²) in [5, 5.41) is 0. The van der Waals surface area contributed by atoms with Gasteiger partial charge in [0.05, 0.1) is 13.0 Å². The number of amides is 1.